The minimum Gasteiger partial charge on any atom is -0.381 e. The molecule has 138 valence electrons. The van der Waals surface area contributed by atoms with Crippen LogP contribution in [0, 0.1) is 11.3 Å². The summed E-state index contributed by atoms with van der Waals surface area (Å²) in [5, 5.41) is 0. The second kappa shape index (κ2) is 7.70. The molecule has 25 heavy (non-hydrogen) atoms. The standard InChI is InChI=1S/C20H31N3O2/c1-22-12-18(14-25-13-17-3-2-7-21-11-17)20(15-22)6-8-23(16-20)19-4-9-24-10-5-19/h2-3,7,11,18-19H,4-6,8-10,12-16H2,1H3/t18-,20-/m0/s1. The molecule has 0 aliphatic carbocycles. The molecule has 0 radical (unpaired) electrons. The molecule has 1 aromatic heterocycles. The number of hydrogen-bond donors (Lipinski definition) is 0. The van der Waals surface area contributed by atoms with Crippen LogP contribution in [0.5, 0.6) is 0 Å². The Morgan fingerprint density at radius 3 is 3.00 bits per heavy atom. The first-order chi connectivity index (χ1) is 12.3. The predicted octanol–water partition coefficient (Wildman–Crippen LogP) is 2.03. The number of ether oxygens (including phenoxy) is 2. The first kappa shape index (κ1) is 17.4. The zero-order chi connectivity index (χ0) is 17.1. The number of hydrogen-bond acceptors (Lipinski definition) is 5. The van der Waals surface area contributed by atoms with Gasteiger partial charge in [-0.05, 0) is 44.5 Å². The van der Waals surface area contributed by atoms with E-state index in [4.69, 9.17) is 9.47 Å². The van der Waals surface area contributed by atoms with Crippen molar-refractivity contribution in [2.45, 2.75) is 31.9 Å². The van der Waals surface area contributed by atoms with Crippen molar-refractivity contribution in [3.63, 3.8) is 0 Å². The van der Waals surface area contributed by atoms with Gasteiger partial charge in [0.25, 0.3) is 0 Å². The minimum absolute atomic E-state index is 0.419. The van der Waals surface area contributed by atoms with Gasteiger partial charge >= 0.3 is 0 Å². The van der Waals surface area contributed by atoms with Gasteiger partial charge < -0.3 is 14.4 Å². The van der Waals surface area contributed by atoms with Gasteiger partial charge in [0.05, 0.1) is 13.2 Å². The van der Waals surface area contributed by atoms with Crippen LogP contribution in [0.1, 0.15) is 24.8 Å². The van der Waals surface area contributed by atoms with Crippen molar-refractivity contribution in [2.75, 3.05) is 53.0 Å². The van der Waals surface area contributed by atoms with Gasteiger partial charge in [0, 0.05) is 62.6 Å². The van der Waals surface area contributed by atoms with Crippen molar-refractivity contribution in [1.29, 1.82) is 0 Å². The lowest BCUT2D eigenvalue weighted by Gasteiger charge is -2.34. The molecule has 1 aromatic rings. The summed E-state index contributed by atoms with van der Waals surface area (Å²) in [5.41, 5.74) is 1.58. The highest BCUT2D eigenvalue weighted by molar-refractivity contribution is 5.07. The molecule has 3 fully saturated rings. The van der Waals surface area contributed by atoms with Crippen molar-refractivity contribution < 1.29 is 9.47 Å². The average Bonchev–Trinajstić information content (AvgIpc) is 3.20. The fraction of sp³-hybridized carbons (Fsp3) is 0.750. The van der Waals surface area contributed by atoms with E-state index in [2.05, 4.69) is 27.9 Å². The maximum absolute atomic E-state index is 6.11. The molecule has 0 bridgehead atoms. The molecule has 0 N–H and O–H groups in total. The van der Waals surface area contributed by atoms with Crippen LogP contribution in [-0.4, -0.2) is 73.9 Å². The molecule has 3 aliphatic heterocycles. The van der Waals surface area contributed by atoms with Gasteiger partial charge in [-0.2, -0.15) is 0 Å². The molecule has 0 amide bonds. The molecular weight excluding hydrogens is 314 g/mol. The Labute approximate surface area is 151 Å². The Kier molecular flexibility index (Phi) is 5.36. The van der Waals surface area contributed by atoms with Gasteiger partial charge in [0.2, 0.25) is 0 Å². The lowest BCUT2D eigenvalue weighted by Crippen LogP contribution is -2.42. The topological polar surface area (TPSA) is 37.8 Å². The Morgan fingerprint density at radius 2 is 2.20 bits per heavy atom. The number of rotatable bonds is 5. The third-order valence-corrected chi connectivity index (χ3v) is 6.42. The monoisotopic (exact) mass is 345 g/mol. The Bertz CT molecular complexity index is 549. The van der Waals surface area contributed by atoms with E-state index < -0.39 is 0 Å². The molecule has 5 heteroatoms. The van der Waals surface area contributed by atoms with Crippen molar-refractivity contribution in [1.82, 2.24) is 14.8 Å². The van der Waals surface area contributed by atoms with E-state index in [-0.39, 0.29) is 0 Å². The summed E-state index contributed by atoms with van der Waals surface area (Å²) in [6.07, 6.45) is 7.44. The smallest absolute Gasteiger partial charge is 0.0731 e. The van der Waals surface area contributed by atoms with Crippen LogP contribution in [0.4, 0.5) is 0 Å². The quantitative estimate of drug-likeness (QED) is 0.816. The van der Waals surface area contributed by atoms with Gasteiger partial charge in [-0.15, -0.1) is 0 Å². The summed E-state index contributed by atoms with van der Waals surface area (Å²) >= 11 is 0. The van der Waals surface area contributed by atoms with Crippen molar-refractivity contribution in [3.8, 4) is 0 Å². The van der Waals surface area contributed by atoms with E-state index in [1.54, 1.807) is 0 Å². The fourth-order valence-corrected chi connectivity index (χ4v) is 5.09. The van der Waals surface area contributed by atoms with E-state index in [0.717, 1.165) is 38.0 Å². The molecule has 3 saturated heterocycles. The number of pyridine rings is 1. The van der Waals surface area contributed by atoms with Gasteiger partial charge in [-0.1, -0.05) is 6.07 Å². The van der Waals surface area contributed by atoms with Crippen LogP contribution in [0.25, 0.3) is 0 Å². The highest BCUT2D eigenvalue weighted by Crippen LogP contribution is 2.44. The van der Waals surface area contributed by atoms with E-state index in [0.29, 0.717) is 17.9 Å². The third kappa shape index (κ3) is 3.90. The molecule has 4 heterocycles. The fourth-order valence-electron chi connectivity index (χ4n) is 5.09. The Morgan fingerprint density at radius 1 is 1.32 bits per heavy atom. The number of likely N-dealkylation sites (tertiary alicyclic amines) is 2. The van der Waals surface area contributed by atoms with Crippen molar-refractivity contribution >= 4 is 0 Å². The maximum Gasteiger partial charge on any atom is 0.0731 e. The molecule has 1 spiro atoms. The van der Waals surface area contributed by atoms with E-state index in [1.165, 1.54) is 38.9 Å². The molecule has 0 saturated carbocycles. The summed E-state index contributed by atoms with van der Waals surface area (Å²) in [5.74, 6) is 0.638. The highest BCUT2D eigenvalue weighted by Gasteiger charge is 2.50. The number of aromatic nitrogens is 1. The predicted molar refractivity (Wildman–Crippen MR) is 97.3 cm³/mol. The van der Waals surface area contributed by atoms with Gasteiger partial charge in [-0.25, -0.2) is 0 Å². The van der Waals surface area contributed by atoms with E-state index in [1.807, 2.05) is 18.5 Å². The summed E-state index contributed by atoms with van der Waals surface area (Å²) in [4.78, 5) is 9.43. The summed E-state index contributed by atoms with van der Waals surface area (Å²) in [6, 6.07) is 4.80. The molecule has 0 unspecified atom stereocenters. The molecular formula is C20H31N3O2. The molecule has 5 nitrogen and oxygen atoms in total. The van der Waals surface area contributed by atoms with Crippen LogP contribution in [0.15, 0.2) is 24.5 Å². The third-order valence-electron chi connectivity index (χ3n) is 6.42. The highest BCUT2D eigenvalue weighted by atomic mass is 16.5. The summed E-state index contributed by atoms with van der Waals surface area (Å²) in [6.45, 7) is 8.27. The number of nitrogens with zero attached hydrogens (tertiary/aromatic N) is 3. The zero-order valence-corrected chi connectivity index (χ0v) is 15.4. The molecule has 2 atom stereocenters. The Balaban J connectivity index is 1.34. The van der Waals surface area contributed by atoms with Gasteiger partial charge in [-0.3, -0.25) is 9.88 Å². The van der Waals surface area contributed by atoms with Gasteiger partial charge in [0.15, 0.2) is 0 Å². The van der Waals surface area contributed by atoms with Crippen LogP contribution in [0.2, 0.25) is 0 Å². The van der Waals surface area contributed by atoms with Crippen molar-refractivity contribution in [3.05, 3.63) is 30.1 Å². The second-order valence-electron chi connectivity index (χ2n) is 8.20. The first-order valence-electron chi connectivity index (χ1n) is 9.72. The normalized spacial score (nSPS) is 32.0. The van der Waals surface area contributed by atoms with E-state index >= 15 is 0 Å². The van der Waals surface area contributed by atoms with Crippen LogP contribution in [0.3, 0.4) is 0 Å². The minimum atomic E-state index is 0.419. The summed E-state index contributed by atoms with van der Waals surface area (Å²) < 4.78 is 11.7. The maximum atomic E-state index is 6.11. The van der Waals surface area contributed by atoms with Crippen LogP contribution < -0.4 is 0 Å². The lowest BCUT2D eigenvalue weighted by molar-refractivity contribution is 0.0274. The summed E-state index contributed by atoms with van der Waals surface area (Å²) in [7, 11) is 2.26. The van der Waals surface area contributed by atoms with Crippen LogP contribution in [-0.2, 0) is 16.1 Å². The molecule has 0 aromatic carbocycles. The first-order valence-corrected chi connectivity index (χ1v) is 9.72. The van der Waals surface area contributed by atoms with Crippen LogP contribution >= 0.6 is 0 Å². The lowest BCUT2D eigenvalue weighted by atomic mass is 9.77. The van der Waals surface area contributed by atoms with E-state index in [9.17, 15) is 0 Å². The van der Waals surface area contributed by atoms with Gasteiger partial charge in [0.1, 0.15) is 0 Å². The molecule has 3 aliphatic rings. The second-order valence-corrected chi connectivity index (χ2v) is 8.20. The molecule has 4 rings (SSSR count). The SMILES string of the molecule is CN1C[C@@H](COCc2cccnc2)[C@@]2(CCN(C3CCOCC3)C2)C1. The average molecular weight is 345 g/mol. The largest absolute Gasteiger partial charge is 0.381 e. The van der Waals surface area contributed by atoms with Crippen molar-refractivity contribution in [2.24, 2.45) is 11.3 Å². The zero-order valence-electron chi connectivity index (χ0n) is 15.4. The Hall–Kier alpha value is -1.01.